The summed E-state index contributed by atoms with van der Waals surface area (Å²) in [5, 5.41) is 4.47. The van der Waals surface area contributed by atoms with E-state index in [2.05, 4.69) is 22.1 Å². The molecule has 190 valence electrons. The Kier molecular flexibility index (Phi) is 7.95. The summed E-state index contributed by atoms with van der Waals surface area (Å²) in [5.74, 6) is 1.000. The van der Waals surface area contributed by atoms with Gasteiger partial charge >= 0.3 is 6.09 Å². The molecule has 2 amide bonds. The molecule has 0 aliphatic carbocycles. The first-order valence-electron chi connectivity index (χ1n) is 12.5. The van der Waals surface area contributed by atoms with Crippen molar-refractivity contribution < 1.29 is 19.1 Å². The van der Waals surface area contributed by atoms with E-state index in [0.717, 1.165) is 47.9 Å². The van der Waals surface area contributed by atoms with Crippen molar-refractivity contribution in [2.45, 2.75) is 46.7 Å². The first-order chi connectivity index (χ1) is 16.9. The summed E-state index contributed by atoms with van der Waals surface area (Å²) < 4.78 is 13.0. The number of carbonyl (C=O) groups is 2. The van der Waals surface area contributed by atoms with Gasteiger partial charge in [0.2, 0.25) is 5.91 Å². The van der Waals surface area contributed by atoms with E-state index in [-0.39, 0.29) is 12.0 Å². The number of hydrogen-bond acceptors (Lipinski definition) is 6. The lowest BCUT2D eigenvalue weighted by molar-refractivity contribution is -0.131. The minimum atomic E-state index is -0.229. The molecule has 2 aliphatic rings. The molecule has 0 N–H and O–H groups in total. The van der Waals surface area contributed by atoms with Crippen molar-refractivity contribution in [2.24, 2.45) is 7.05 Å². The highest BCUT2D eigenvalue weighted by Crippen LogP contribution is 2.26. The molecule has 0 atom stereocenters. The van der Waals surface area contributed by atoms with Crippen molar-refractivity contribution in [1.29, 1.82) is 0 Å². The van der Waals surface area contributed by atoms with E-state index < -0.39 is 0 Å². The molecule has 0 bridgehead atoms. The highest BCUT2D eigenvalue weighted by Gasteiger charge is 2.24. The fraction of sp³-hybridized carbons (Fsp3) is 0.577. The van der Waals surface area contributed by atoms with E-state index >= 15 is 0 Å². The van der Waals surface area contributed by atoms with Crippen molar-refractivity contribution in [2.75, 3.05) is 45.9 Å². The van der Waals surface area contributed by atoms with Crippen LogP contribution in [0, 0.1) is 13.8 Å². The summed E-state index contributed by atoms with van der Waals surface area (Å²) in [7, 11) is 1.94. The highest BCUT2D eigenvalue weighted by atomic mass is 16.6. The second-order valence-electron chi connectivity index (χ2n) is 9.34. The van der Waals surface area contributed by atoms with Crippen LogP contribution in [-0.4, -0.2) is 82.4 Å². The van der Waals surface area contributed by atoms with Gasteiger partial charge in [-0.1, -0.05) is 6.07 Å². The number of aryl methyl sites for hydroxylation is 2. The summed E-state index contributed by atoms with van der Waals surface area (Å²) in [5.41, 5.74) is 5.51. The monoisotopic (exact) mass is 483 g/mol. The predicted molar refractivity (Wildman–Crippen MR) is 132 cm³/mol. The van der Waals surface area contributed by atoms with Crippen LogP contribution >= 0.6 is 0 Å². The molecule has 0 radical (unpaired) electrons. The van der Waals surface area contributed by atoms with E-state index in [1.165, 1.54) is 5.56 Å². The predicted octanol–water partition coefficient (Wildman–Crippen LogP) is 2.66. The van der Waals surface area contributed by atoms with E-state index in [0.29, 0.717) is 52.2 Å². The van der Waals surface area contributed by atoms with Gasteiger partial charge in [0.25, 0.3) is 0 Å². The second-order valence-corrected chi connectivity index (χ2v) is 9.34. The Bertz CT molecular complexity index is 1060. The van der Waals surface area contributed by atoms with Crippen LogP contribution in [0.25, 0.3) is 0 Å². The van der Waals surface area contributed by atoms with Gasteiger partial charge in [-0.2, -0.15) is 5.10 Å². The van der Waals surface area contributed by atoms with Crippen molar-refractivity contribution >= 4 is 12.0 Å². The maximum atomic E-state index is 13.1. The van der Waals surface area contributed by atoms with Crippen LogP contribution in [0.2, 0.25) is 0 Å². The average molecular weight is 484 g/mol. The Hall–Kier alpha value is -3.07. The van der Waals surface area contributed by atoms with Crippen LogP contribution in [-0.2, 0) is 36.1 Å². The zero-order chi connectivity index (χ0) is 24.9. The molecule has 1 fully saturated rings. The maximum absolute atomic E-state index is 13.1. The minimum Gasteiger partial charge on any atom is -0.491 e. The molecule has 2 aromatic rings. The SMILES string of the molecule is CCOC(=O)N1CCN(Cc2ccc3c(c2)CN(C(=O)CCc2c(C)nn(C)c2C)CCO3)CC1. The minimum absolute atomic E-state index is 0.143. The van der Waals surface area contributed by atoms with Crippen molar-refractivity contribution in [3.8, 4) is 5.75 Å². The van der Waals surface area contributed by atoms with Gasteiger partial charge < -0.3 is 19.3 Å². The quantitative estimate of drug-likeness (QED) is 0.629. The lowest BCUT2D eigenvalue weighted by atomic mass is 10.1. The van der Waals surface area contributed by atoms with Gasteiger partial charge in [-0.15, -0.1) is 0 Å². The third kappa shape index (κ3) is 5.96. The summed E-state index contributed by atoms with van der Waals surface area (Å²) in [6.07, 6.45) is 0.937. The fourth-order valence-corrected chi connectivity index (χ4v) is 4.89. The van der Waals surface area contributed by atoms with Crippen LogP contribution in [0.5, 0.6) is 5.75 Å². The Morgan fingerprint density at radius 1 is 1.09 bits per heavy atom. The molecule has 4 rings (SSSR count). The zero-order valence-electron chi connectivity index (χ0n) is 21.4. The van der Waals surface area contributed by atoms with Gasteiger partial charge in [-0.05, 0) is 50.5 Å². The Labute approximate surface area is 207 Å². The number of fused-ring (bicyclic) bond motifs is 1. The number of piperazine rings is 1. The van der Waals surface area contributed by atoms with Gasteiger partial charge in [0.1, 0.15) is 12.4 Å². The summed E-state index contributed by atoms with van der Waals surface area (Å²) in [6, 6.07) is 6.28. The van der Waals surface area contributed by atoms with E-state index in [9.17, 15) is 9.59 Å². The molecule has 9 heteroatoms. The molecule has 0 spiro atoms. The molecule has 1 aromatic carbocycles. The van der Waals surface area contributed by atoms with Gasteiger partial charge in [0.05, 0.1) is 18.8 Å². The number of carbonyl (C=O) groups excluding carboxylic acids is 2. The molecule has 1 saturated heterocycles. The van der Waals surface area contributed by atoms with Gasteiger partial charge in [0.15, 0.2) is 0 Å². The number of aromatic nitrogens is 2. The smallest absolute Gasteiger partial charge is 0.409 e. The normalized spacial score (nSPS) is 16.5. The summed E-state index contributed by atoms with van der Waals surface area (Å²) in [4.78, 5) is 31.1. The molecular weight excluding hydrogens is 446 g/mol. The lowest BCUT2D eigenvalue weighted by Gasteiger charge is -2.34. The molecule has 1 aromatic heterocycles. The molecule has 9 nitrogen and oxygen atoms in total. The Morgan fingerprint density at radius 3 is 2.54 bits per heavy atom. The molecule has 0 unspecified atom stereocenters. The summed E-state index contributed by atoms with van der Waals surface area (Å²) >= 11 is 0. The third-order valence-corrected chi connectivity index (χ3v) is 7.01. The van der Waals surface area contributed by atoms with Gasteiger partial charge in [-0.3, -0.25) is 14.4 Å². The van der Waals surface area contributed by atoms with Crippen molar-refractivity contribution in [3.05, 3.63) is 46.3 Å². The number of ether oxygens (including phenoxy) is 2. The zero-order valence-corrected chi connectivity index (χ0v) is 21.4. The first-order valence-corrected chi connectivity index (χ1v) is 12.5. The lowest BCUT2D eigenvalue weighted by Crippen LogP contribution is -2.48. The van der Waals surface area contributed by atoms with E-state index in [1.54, 1.807) is 4.90 Å². The first kappa shape index (κ1) is 25.0. The number of benzene rings is 1. The fourth-order valence-electron chi connectivity index (χ4n) is 4.89. The second kappa shape index (κ2) is 11.1. The average Bonchev–Trinajstić information content (AvgIpc) is 2.99. The number of amides is 2. The van der Waals surface area contributed by atoms with Crippen molar-refractivity contribution in [3.63, 3.8) is 0 Å². The highest BCUT2D eigenvalue weighted by molar-refractivity contribution is 5.76. The molecule has 2 aliphatic heterocycles. The largest absolute Gasteiger partial charge is 0.491 e. The topological polar surface area (TPSA) is 80.1 Å². The number of nitrogens with zero attached hydrogens (tertiary/aromatic N) is 5. The standard InChI is InChI=1S/C26H37N5O4/c1-5-34-26(33)30-12-10-29(11-13-30)17-21-6-8-24-22(16-21)18-31(14-15-35-24)25(32)9-7-23-19(2)27-28(4)20(23)3/h6,8,16H,5,7,9-15,17-18H2,1-4H3. The number of hydrogen-bond donors (Lipinski definition) is 0. The molecule has 3 heterocycles. The third-order valence-electron chi connectivity index (χ3n) is 7.01. The number of rotatable bonds is 6. The van der Waals surface area contributed by atoms with Crippen LogP contribution in [0.3, 0.4) is 0 Å². The molecule has 0 saturated carbocycles. The van der Waals surface area contributed by atoms with Crippen molar-refractivity contribution in [1.82, 2.24) is 24.5 Å². The van der Waals surface area contributed by atoms with Gasteiger partial charge in [0, 0.05) is 64.0 Å². The van der Waals surface area contributed by atoms with E-state index in [4.69, 9.17) is 9.47 Å². The van der Waals surface area contributed by atoms with Crippen LogP contribution in [0.15, 0.2) is 18.2 Å². The van der Waals surface area contributed by atoms with Crippen LogP contribution in [0.4, 0.5) is 4.79 Å². The summed E-state index contributed by atoms with van der Waals surface area (Å²) in [6.45, 7) is 11.7. The van der Waals surface area contributed by atoms with E-state index in [1.807, 2.05) is 43.5 Å². The Morgan fingerprint density at radius 2 is 1.86 bits per heavy atom. The molecular formula is C26H37N5O4. The van der Waals surface area contributed by atoms with Crippen LogP contribution in [0.1, 0.15) is 41.4 Å². The van der Waals surface area contributed by atoms with Gasteiger partial charge in [-0.25, -0.2) is 4.79 Å². The van der Waals surface area contributed by atoms with Crippen LogP contribution < -0.4 is 4.74 Å². The maximum Gasteiger partial charge on any atom is 0.409 e. The Balaban J connectivity index is 1.35. The molecule has 35 heavy (non-hydrogen) atoms.